The number of hydrogen-bond acceptors (Lipinski definition) is 6. The summed E-state index contributed by atoms with van der Waals surface area (Å²) in [6.45, 7) is 1.92. The minimum atomic E-state index is -3.69. The smallest absolute Gasteiger partial charge is 0.274 e. The molecule has 0 saturated carbocycles. The van der Waals surface area contributed by atoms with Gasteiger partial charge in [-0.3, -0.25) is 0 Å². The summed E-state index contributed by atoms with van der Waals surface area (Å²) < 4.78 is 35.9. The lowest BCUT2D eigenvalue weighted by atomic mass is 10.4. The van der Waals surface area contributed by atoms with Gasteiger partial charge in [-0.1, -0.05) is 5.16 Å². The predicted octanol–water partition coefficient (Wildman–Crippen LogP) is 0.513. The first-order valence-corrected chi connectivity index (χ1v) is 6.70. The highest BCUT2D eigenvalue weighted by atomic mass is 32.2. The highest BCUT2D eigenvalue weighted by Crippen LogP contribution is 2.13. The van der Waals surface area contributed by atoms with Gasteiger partial charge in [-0.25, -0.2) is 13.1 Å². The van der Waals surface area contributed by atoms with Crippen LogP contribution in [0.3, 0.4) is 0 Å². The van der Waals surface area contributed by atoms with Crippen molar-refractivity contribution in [1.82, 2.24) is 9.88 Å². The van der Waals surface area contributed by atoms with Gasteiger partial charge in [-0.05, 0) is 19.1 Å². The summed E-state index contributed by atoms with van der Waals surface area (Å²) in [5.41, 5.74) is 5.84. The molecule has 0 bridgehead atoms. The fraction of sp³-hybridized carbons (Fsp3) is 0.300. The van der Waals surface area contributed by atoms with Crippen molar-refractivity contribution in [3.05, 3.63) is 35.4 Å². The maximum absolute atomic E-state index is 11.8. The minimum absolute atomic E-state index is 0.0400. The fourth-order valence-corrected chi connectivity index (χ4v) is 2.30. The third kappa shape index (κ3) is 2.78. The number of rotatable bonds is 5. The maximum Gasteiger partial charge on any atom is 0.274 e. The number of nitrogens with two attached hydrogens (primary N) is 1. The van der Waals surface area contributed by atoms with Crippen molar-refractivity contribution in [3.63, 3.8) is 0 Å². The van der Waals surface area contributed by atoms with Crippen LogP contribution in [0, 0.1) is 6.92 Å². The van der Waals surface area contributed by atoms with Gasteiger partial charge in [0, 0.05) is 6.07 Å². The zero-order chi connectivity index (χ0) is 13.2. The standard InChI is InChI=1S/C10H13N3O4S/c1-7-4-8(13-17-7)6-12-18(14,15)10-3-2-9(5-11)16-10/h2-4,12H,5-6,11H2,1H3. The van der Waals surface area contributed by atoms with Crippen LogP contribution in [-0.2, 0) is 23.1 Å². The fourth-order valence-electron chi connectivity index (χ4n) is 1.35. The van der Waals surface area contributed by atoms with E-state index in [1.165, 1.54) is 12.1 Å². The number of aryl methyl sites for hydroxylation is 1. The van der Waals surface area contributed by atoms with Crippen LogP contribution >= 0.6 is 0 Å². The van der Waals surface area contributed by atoms with Gasteiger partial charge >= 0.3 is 0 Å². The summed E-state index contributed by atoms with van der Waals surface area (Å²) >= 11 is 0. The highest BCUT2D eigenvalue weighted by Gasteiger charge is 2.18. The zero-order valence-corrected chi connectivity index (χ0v) is 10.5. The molecule has 0 aliphatic carbocycles. The van der Waals surface area contributed by atoms with Crippen molar-refractivity contribution >= 4 is 10.0 Å². The van der Waals surface area contributed by atoms with Crippen LogP contribution in [0.25, 0.3) is 0 Å². The van der Waals surface area contributed by atoms with Gasteiger partial charge in [0.1, 0.15) is 11.5 Å². The van der Waals surface area contributed by atoms with E-state index in [1.54, 1.807) is 13.0 Å². The molecule has 0 atom stereocenters. The molecule has 8 heteroatoms. The van der Waals surface area contributed by atoms with Crippen molar-refractivity contribution in [2.45, 2.75) is 25.1 Å². The van der Waals surface area contributed by atoms with Crippen LogP contribution < -0.4 is 10.5 Å². The molecule has 3 N–H and O–H groups in total. The van der Waals surface area contributed by atoms with E-state index in [-0.39, 0.29) is 18.2 Å². The first-order valence-electron chi connectivity index (χ1n) is 5.22. The Labute approximate surface area is 104 Å². The largest absolute Gasteiger partial charge is 0.447 e. The van der Waals surface area contributed by atoms with Gasteiger partial charge in [0.05, 0.1) is 18.8 Å². The Balaban J connectivity index is 2.07. The van der Waals surface area contributed by atoms with Gasteiger partial charge in [0.15, 0.2) is 0 Å². The molecule has 0 aliphatic rings. The molecule has 0 radical (unpaired) electrons. The molecule has 0 amide bonds. The number of furan rings is 1. The van der Waals surface area contributed by atoms with Gasteiger partial charge in [-0.15, -0.1) is 0 Å². The summed E-state index contributed by atoms with van der Waals surface area (Å²) in [5.74, 6) is 1.03. The first-order chi connectivity index (χ1) is 8.51. The topological polar surface area (TPSA) is 111 Å². The van der Waals surface area contributed by atoms with Crippen molar-refractivity contribution in [2.75, 3.05) is 0 Å². The number of nitrogens with one attached hydrogen (secondary N) is 1. The third-order valence-corrected chi connectivity index (χ3v) is 3.50. The van der Waals surface area contributed by atoms with Crippen molar-refractivity contribution in [1.29, 1.82) is 0 Å². The van der Waals surface area contributed by atoms with Gasteiger partial charge in [0.25, 0.3) is 10.0 Å². The summed E-state index contributed by atoms with van der Waals surface area (Å²) in [6.07, 6.45) is 0. The second-order valence-corrected chi connectivity index (χ2v) is 5.38. The lowest BCUT2D eigenvalue weighted by molar-refractivity contribution is 0.389. The average molecular weight is 271 g/mol. The molecule has 0 saturated heterocycles. The quantitative estimate of drug-likeness (QED) is 0.819. The number of nitrogens with zero attached hydrogens (tertiary/aromatic N) is 1. The van der Waals surface area contributed by atoms with Gasteiger partial charge in [0.2, 0.25) is 5.09 Å². The minimum Gasteiger partial charge on any atom is -0.447 e. The summed E-state index contributed by atoms with van der Waals surface area (Å²) in [7, 11) is -3.69. The average Bonchev–Trinajstić information content (AvgIpc) is 2.95. The van der Waals surface area contributed by atoms with Crippen LogP contribution in [-0.4, -0.2) is 13.6 Å². The highest BCUT2D eigenvalue weighted by molar-refractivity contribution is 7.89. The normalized spacial score (nSPS) is 11.9. The lowest BCUT2D eigenvalue weighted by Crippen LogP contribution is -2.22. The van der Waals surface area contributed by atoms with E-state index in [1.807, 2.05) is 0 Å². The van der Waals surface area contributed by atoms with Gasteiger partial charge in [-0.2, -0.15) is 0 Å². The Kier molecular flexibility index (Phi) is 3.50. The van der Waals surface area contributed by atoms with E-state index in [2.05, 4.69) is 9.88 Å². The number of sulfonamides is 1. The van der Waals surface area contributed by atoms with E-state index in [0.29, 0.717) is 17.2 Å². The van der Waals surface area contributed by atoms with E-state index in [0.717, 1.165) is 0 Å². The second kappa shape index (κ2) is 4.92. The van der Waals surface area contributed by atoms with E-state index < -0.39 is 10.0 Å². The maximum atomic E-state index is 11.8. The summed E-state index contributed by atoms with van der Waals surface area (Å²) in [6, 6.07) is 4.53. The Morgan fingerprint density at radius 3 is 2.78 bits per heavy atom. The molecule has 0 fully saturated rings. The summed E-state index contributed by atoms with van der Waals surface area (Å²) in [4.78, 5) is 0. The Morgan fingerprint density at radius 1 is 1.44 bits per heavy atom. The van der Waals surface area contributed by atoms with Crippen LogP contribution in [0.5, 0.6) is 0 Å². The molecule has 2 heterocycles. The van der Waals surface area contributed by atoms with Crippen molar-refractivity contribution in [2.24, 2.45) is 5.73 Å². The van der Waals surface area contributed by atoms with Crippen LogP contribution in [0.1, 0.15) is 17.2 Å². The Bertz CT molecular complexity index is 629. The Hall–Kier alpha value is -1.64. The van der Waals surface area contributed by atoms with E-state index in [9.17, 15) is 8.42 Å². The molecular formula is C10H13N3O4S. The molecule has 7 nitrogen and oxygen atoms in total. The third-order valence-electron chi connectivity index (χ3n) is 2.22. The van der Waals surface area contributed by atoms with E-state index >= 15 is 0 Å². The molecule has 2 aromatic heterocycles. The molecule has 18 heavy (non-hydrogen) atoms. The SMILES string of the molecule is Cc1cc(CNS(=O)(=O)c2ccc(CN)o2)no1. The molecule has 0 unspecified atom stereocenters. The van der Waals surface area contributed by atoms with Crippen LogP contribution in [0.15, 0.2) is 32.2 Å². The monoisotopic (exact) mass is 271 g/mol. The van der Waals surface area contributed by atoms with Crippen LogP contribution in [0.2, 0.25) is 0 Å². The van der Waals surface area contributed by atoms with E-state index in [4.69, 9.17) is 14.7 Å². The molecule has 2 aromatic rings. The summed E-state index contributed by atoms with van der Waals surface area (Å²) in [5, 5.41) is 3.52. The molecule has 0 aromatic carbocycles. The van der Waals surface area contributed by atoms with Crippen molar-refractivity contribution in [3.8, 4) is 0 Å². The van der Waals surface area contributed by atoms with Crippen molar-refractivity contribution < 1.29 is 17.4 Å². The second-order valence-electron chi connectivity index (χ2n) is 3.68. The number of aromatic nitrogens is 1. The lowest BCUT2D eigenvalue weighted by Gasteiger charge is -2.01. The molecule has 2 rings (SSSR count). The molecule has 0 aliphatic heterocycles. The van der Waals surface area contributed by atoms with Gasteiger partial charge < -0.3 is 14.7 Å². The molecular weight excluding hydrogens is 258 g/mol. The predicted molar refractivity (Wildman–Crippen MR) is 61.9 cm³/mol. The van der Waals surface area contributed by atoms with Crippen LogP contribution in [0.4, 0.5) is 0 Å². The number of hydrogen-bond donors (Lipinski definition) is 2. The molecule has 0 spiro atoms. The zero-order valence-electron chi connectivity index (χ0n) is 9.71. The molecule has 98 valence electrons. The first kappa shape index (κ1) is 12.8. The Morgan fingerprint density at radius 2 is 2.22 bits per heavy atom.